The summed E-state index contributed by atoms with van der Waals surface area (Å²) in [5.41, 5.74) is 0. The average Bonchev–Trinajstić information content (AvgIpc) is 3.30. The molecule has 2 fully saturated rings. The fourth-order valence-corrected chi connectivity index (χ4v) is 28.4. The molecule has 2 aromatic rings. The monoisotopic (exact) mass is 554 g/mol. The van der Waals surface area contributed by atoms with Crippen LogP contribution in [0.2, 0.25) is 3.93 Å². The molecule has 0 spiro atoms. The van der Waals surface area contributed by atoms with Crippen molar-refractivity contribution in [2.75, 3.05) is 7.11 Å². The molecule has 0 heterocycles. The van der Waals surface area contributed by atoms with Gasteiger partial charge in [0.05, 0.1) is 0 Å². The standard InChI is InChI=1S/C9H13O2.2C6H5.HI.Sn/c1-11-9(10)8-5-6-2-3-7(8)4-6;2*1-2-4-6-5-3-1;;/h5-8H,2-4H2,1H3;2*1-5H;1H;/q;;;;+1/p-1/t6-,7+,8+;;;;/m0..../s1. The quantitative estimate of drug-likeness (QED) is 0.328. The van der Waals surface area contributed by atoms with Gasteiger partial charge in [0, 0.05) is 0 Å². The van der Waals surface area contributed by atoms with Gasteiger partial charge in [-0.2, -0.15) is 0 Å². The summed E-state index contributed by atoms with van der Waals surface area (Å²) in [6.45, 7) is 0. The number of carbonyl (C=O) groups is 1. The molecule has 0 aliphatic heterocycles. The van der Waals surface area contributed by atoms with Crippen molar-refractivity contribution in [3.63, 3.8) is 0 Å². The Morgan fingerprint density at radius 3 is 2.00 bits per heavy atom. The van der Waals surface area contributed by atoms with Gasteiger partial charge in [-0.15, -0.1) is 0 Å². The van der Waals surface area contributed by atoms with Gasteiger partial charge >= 0.3 is 164 Å². The second-order valence-corrected chi connectivity index (χ2v) is 28.0. The molecule has 2 aliphatic rings. The summed E-state index contributed by atoms with van der Waals surface area (Å²) in [7, 11) is 1.56. The molecule has 0 N–H and O–H groups in total. The maximum atomic E-state index is 12.7. The van der Waals surface area contributed by atoms with Crippen molar-refractivity contribution in [3.05, 3.63) is 60.7 Å². The molecular weight excluding hydrogens is 530 g/mol. The number of carbonyl (C=O) groups excluding carboxylic acids is 1. The van der Waals surface area contributed by atoms with Gasteiger partial charge in [-0.05, 0) is 0 Å². The van der Waals surface area contributed by atoms with Gasteiger partial charge in [-0.1, -0.05) is 0 Å². The second-order valence-electron chi connectivity index (χ2n) is 7.35. The molecular formula is C21H23IO2Sn. The van der Waals surface area contributed by atoms with Gasteiger partial charge in [0.25, 0.3) is 0 Å². The van der Waals surface area contributed by atoms with Gasteiger partial charge in [0.1, 0.15) is 0 Å². The topological polar surface area (TPSA) is 26.3 Å². The van der Waals surface area contributed by atoms with Crippen molar-refractivity contribution < 1.29 is 9.53 Å². The first-order chi connectivity index (χ1) is 12.2. The molecule has 0 radical (unpaired) electrons. The van der Waals surface area contributed by atoms with Crippen molar-refractivity contribution in [2.24, 2.45) is 17.8 Å². The van der Waals surface area contributed by atoms with Crippen LogP contribution in [0.1, 0.15) is 19.3 Å². The summed E-state index contributed by atoms with van der Waals surface area (Å²) in [4.78, 5) is 12.7. The zero-order valence-corrected chi connectivity index (χ0v) is 19.4. The van der Waals surface area contributed by atoms with Crippen LogP contribution >= 0.6 is 18.6 Å². The summed E-state index contributed by atoms with van der Waals surface area (Å²) in [5.74, 6) is 1.33. The molecule has 4 rings (SSSR count). The molecule has 0 aromatic heterocycles. The molecule has 0 saturated heterocycles. The molecule has 130 valence electrons. The maximum absolute atomic E-state index is 12.7. The second kappa shape index (κ2) is 7.22. The number of halogens is 1. The number of fused-ring (bicyclic) bond motifs is 2. The van der Waals surface area contributed by atoms with Crippen LogP contribution in [0.25, 0.3) is 0 Å². The minimum atomic E-state index is -3.06. The number of ether oxygens (including phenoxy) is 1. The SMILES string of the molecule is COC(=O)[C@H]1[C@@H]2CC[C@@H](C2)[C@H]1[Sn]([I])([c]1ccccc1)[c]1ccccc1. The number of benzene rings is 2. The van der Waals surface area contributed by atoms with Crippen molar-refractivity contribution in [1.82, 2.24) is 0 Å². The van der Waals surface area contributed by atoms with Crippen molar-refractivity contribution in [3.8, 4) is 0 Å². The van der Waals surface area contributed by atoms with E-state index in [2.05, 4.69) is 79.3 Å². The van der Waals surface area contributed by atoms with Gasteiger partial charge in [-0.3, -0.25) is 0 Å². The summed E-state index contributed by atoms with van der Waals surface area (Å²) in [6, 6.07) is 22.0. The Labute approximate surface area is 163 Å². The van der Waals surface area contributed by atoms with Crippen LogP contribution in [0.5, 0.6) is 0 Å². The summed E-state index contributed by atoms with van der Waals surface area (Å²) in [6.07, 6.45) is 3.69. The fourth-order valence-electron chi connectivity index (χ4n) is 5.25. The molecule has 4 atom stereocenters. The summed E-state index contributed by atoms with van der Waals surface area (Å²) in [5, 5.41) is 0. The Balaban J connectivity index is 1.88. The van der Waals surface area contributed by atoms with Crippen LogP contribution in [-0.2, 0) is 9.53 Å². The first-order valence-corrected chi connectivity index (χ1v) is 21.9. The van der Waals surface area contributed by atoms with E-state index in [9.17, 15) is 4.79 Å². The third kappa shape index (κ3) is 2.95. The van der Waals surface area contributed by atoms with E-state index in [1.54, 1.807) is 7.11 Å². The molecule has 2 bridgehead atoms. The molecule has 0 unspecified atom stereocenters. The van der Waals surface area contributed by atoms with E-state index in [1.165, 1.54) is 26.4 Å². The Morgan fingerprint density at radius 1 is 0.960 bits per heavy atom. The van der Waals surface area contributed by atoms with Crippen LogP contribution < -0.4 is 7.16 Å². The van der Waals surface area contributed by atoms with E-state index >= 15 is 0 Å². The number of hydrogen-bond acceptors (Lipinski definition) is 2. The van der Waals surface area contributed by atoms with Crippen LogP contribution in [0.4, 0.5) is 0 Å². The van der Waals surface area contributed by atoms with Crippen LogP contribution in [0.15, 0.2) is 60.7 Å². The average molecular weight is 553 g/mol. The minimum absolute atomic E-state index is 0.0294. The normalized spacial score (nSPS) is 28.1. The summed E-state index contributed by atoms with van der Waals surface area (Å²) < 4.78 is 8.76. The number of esters is 1. The fraction of sp³-hybridized carbons (Fsp3) is 0.381. The third-order valence-electron chi connectivity index (χ3n) is 6.24. The third-order valence-corrected chi connectivity index (χ3v) is 31.1. The van der Waals surface area contributed by atoms with E-state index in [0.717, 1.165) is 0 Å². The van der Waals surface area contributed by atoms with Crippen molar-refractivity contribution >= 4 is 46.2 Å². The number of rotatable bonds is 4. The number of methoxy groups -OCH3 is 1. The predicted molar refractivity (Wildman–Crippen MR) is 112 cm³/mol. The molecule has 2 aromatic carbocycles. The Bertz CT molecular complexity index is 710. The number of hydrogen-bond donors (Lipinski definition) is 0. The molecule has 2 saturated carbocycles. The van der Waals surface area contributed by atoms with E-state index in [0.29, 0.717) is 15.8 Å². The zero-order chi connectivity index (χ0) is 17.4. The van der Waals surface area contributed by atoms with Gasteiger partial charge in [0.2, 0.25) is 0 Å². The molecule has 2 aliphatic carbocycles. The first kappa shape index (κ1) is 17.8. The van der Waals surface area contributed by atoms with Crippen molar-refractivity contribution in [1.29, 1.82) is 0 Å². The van der Waals surface area contributed by atoms with E-state index in [1.807, 2.05) is 0 Å². The van der Waals surface area contributed by atoms with Crippen LogP contribution in [-0.4, -0.2) is 27.5 Å². The van der Waals surface area contributed by atoms with Crippen LogP contribution in [0.3, 0.4) is 0 Å². The Hall–Kier alpha value is -0.561. The Morgan fingerprint density at radius 2 is 1.48 bits per heavy atom. The Kier molecular flexibility index (Phi) is 5.15. The van der Waals surface area contributed by atoms with Gasteiger partial charge in [-0.25, -0.2) is 0 Å². The molecule has 25 heavy (non-hydrogen) atoms. The van der Waals surface area contributed by atoms with Gasteiger partial charge in [0.15, 0.2) is 0 Å². The molecule has 2 nitrogen and oxygen atoms in total. The summed E-state index contributed by atoms with van der Waals surface area (Å²) >= 11 is -0.226. The van der Waals surface area contributed by atoms with E-state index < -0.39 is 14.4 Å². The first-order valence-electron chi connectivity index (χ1n) is 9.04. The molecule has 4 heteroatoms. The van der Waals surface area contributed by atoms with Crippen LogP contribution in [0, 0.1) is 17.8 Å². The predicted octanol–water partition coefficient (Wildman–Crippen LogP) is 3.77. The van der Waals surface area contributed by atoms with Gasteiger partial charge < -0.3 is 0 Å². The van der Waals surface area contributed by atoms with E-state index in [4.69, 9.17) is 4.74 Å². The molecule has 0 amide bonds. The van der Waals surface area contributed by atoms with E-state index in [-0.39, 0.29) is 11.9 Å². The zero-order valence-electron chi connectivity index (χ0n) is 14.4. The van der Waals surface area contributed by atoms with Crippen molar-refractivity contribution in [2.45, 2.75) is 23.2 Å².